The van der Waals surface area contributed by atoms with Crippen molar-refractivity contribution in [3.05, 3.63) is 36.0 Å². The fourth-order valence-electron chi connectivity index (χ4n) is 3.87. The van der Waals surface area contributed by atoms with E-state index in [4.69, 9.17) is 0 Å². The van der Waals surface area contributed by atoms with E-state index in [-0.39, 0.29) is 5.41 Å². The maximum Gasteiger partial charge on any atom is 0.158 e. The Balaban J connectivity index is 1.67. The van der Waals surface area contributed by atoms with Gasteiger partial charge in [0.15, 0.2) is 5.82 Å². The lowest BCUT2D eigenvalue weighted by Gasteiger charge is -2.09. The van der Waals surface area contributed by atoms with Gasteiger partial charge in [0.05, 0.1) is 23.5 Å². The summed E-state index contributed by atoms with van der Waals surface area (Å²) in [5.74, 6) is 1.46. The van der Waals surface area contributed by atoms with Crippen LogP contribution in [0.2, 0.25) is 0 Å². The fraction of sp³-hybridized carbons (Fsp3) is 0.389. The summed E-state index contributed by atoms with van der Waals surface area (Å²) in [6, 6.07) is 6.50. The summed E-state index contributed by atoms with van der Waals surface area (Å²) in [7, 11) is 0. The second-order valence-corrected chi connectivity index (χ2v) is 7.80. The minimum atomic E-state index is -0.400. The molecule has 6 nitrogen and oxygen atoms in total. The van der Waals surface area contributed by atoms with Gasteiger partial charge in [-0.1, -0.05) is 0 Å². The third-order valence-corrected chi connectivity index (χ3v) is 6.17. The highest BCUT2D eigenvalue weighted by atomic mass is 32.2. The van der Waals surface area contributed by atoms with E-state index in [1.165, 1.54) is 0 Å². The van der Waals surface area contributed by atoms with Gasteiger partial charge in [-0.2, -0.15) is 10.4 Å². The zero-order chi connectivity index (χ0) is 17.2. The Bertz CT molecular complexity index is 1060. The van der Waals surface area contributed by atoms with Crippen LogP contribution >= 0.6 is 11.8 Å². The zero-order valence-corrected chi connectivity index (χ0v) is 14.8. The fourth-order valence-corrected chi connectivity index (χ4v) is 4.32. The van der Waals surface area contributed by atoms with Crippen molar-refractivity contribution >= 4 is 22.7 Å². The third-order valence-electron chi connectivity index (χ3n) is 5.55. The van der Waals surface area contributed by atoms with E-state index in [9.17, 15) is 5.26 Å². The molecule has 0 amide bonds. The SMILES string of the molecule is CSc1cc(-n2ncc3cnc(C4(C#N)CC45CC5)cc32)nc(C)n1. The van der Waals surface area contributed by atoms with Crippen molar-refractivity contribution in [2.24, 2.45) is 5.41 Å². The van der Waals surface area contributed by atoms with Crippen molar-refractivity contribution in [2.45, 2.75) is 36.6 Å². The molecule has 0 aromatic carbocycles. The van der Waals surface area contributed by atoms with Gasteiger partial charge < -0.3 is 0 Å². The van der Waals surface area contributed by atoms with Crippen LogP contribution in [0.3, 0.4) is 0 Å². The van der Waals surface area contributed by atoms with Gasteiger partial charge in [0.2, 0.25) is 0 Å². The van der Waals surface area contributed by atoms with Crippen LogP contribution in [0.25, 0.3) is 16.7 Å². The summed E-state index contributed by atoms with van der Waals surface area (Å²) in [4.78, 5) is 13.5. The van der Waals surface area contributed by atoms with E-state index in [1.807, 2.05) is 36.2 Å². The number of fused-ring (bicyclic) bond motifs is 1. The average molecular weight is 348 g/mol. The lowest BCUT2D eigenvalue weighted by atomic mass is 9.98. The highest BCUT2D eigenvalue weighted by Crippen LogP contribution is 2.78. The number of pyridine rings is 1. The molecule has 0 saturated heterocycles. The first kappa shape index (κ1) is 14.8. The Hall–Kier alpha value is -2.46. The van der Waals surface area contributed by atoms with Crippen LogP contribution in [-0.4, -0.2) is 31.0 Å². The number of hydrogen-bond acceptors (Lipinski definition) is 6. The van der Waals surface area contributed by atoms with Crippen molar-refractivity contribution in [1.29, 1.82) is 5.26 Å². The van der Waals surface area contributed by atoms with Crippen molar-refractivity contribution in [3.8, 4) is 11.9 Å². The predicted octanol–water partition coefficient (Wildman–Crippen LogP) is 3.19. The van der Waals surface area contributed by atoms with Crippen LogP contribution in [0.4, 0.5) is 0 Å². The summed E-state index contributed by atoms with van der Waals surface area (Å²) in [6.07, 6.45) is 8.83. The number of nitriles is 1. The topological polar surface area (TPSA) is 80.3 Å². The van der Waals surface area contributed by atoms with Gasteiger partial charge in [-0.3, -0.25) is 4.98 Å². The smallest absolute Gasteiger partial charge is 0.158 e. The largest absolute Gasteiger partial charge is 0.259 e. The molecule has 2 saturated carbocycles. The predicted molar refractivity (Wildman–Crippen MR) is 94.5 cm³/mol. The summed E-state index contributed by atoms with van der Waals surface area (Å²) in [5.41, 5.74) is 1.61. The molecule has 25 heavy (non-hydrogen) atoms. The summed E-state index contributed by atoms with van der Waals surface area (Å²) in [5, 5.41) is 16.1. The number of thioether (sulfide) groups is 1. The molecule has 2 aliphatic rings. The van der Waals surface area contributed by atoms with Crippen LogP contribution in [0.5, 0.6) is 0 Å². The van der Waals surface area contributed by atoms with E-state index in [0.29, 0.717) is 5.82 Å². The van der Waals surface area contributed by atoms with Gasteiger partial charge in [0, 0.05) is 17.6 Å². The number of nitrogens with zero attached hydrogens (tertiary/aromatic N) is 6. The molecule has 5 rings (SSSR count). The first-order valence-electron chi connectivity index (χ1n) is 8.26. The van der Waals surface area contributed by atoms with Crippen LogP contribution in [0, 0.1) is 23.7 Å². The minimum absolute atomic E-state index is 0.199. The summed E-state index contributed by atoms with van der Waals surface area (Å²) < 4.78 is 1.82. The van der Waals surface area contributed by atoms with Crippen molar-refractivity contribution in [3.63, 3.8) is 0 Å². The molecule has 124 valence electrons. The molecule has 3 aromatic rings. The normalized spacial score (nSPS) is 22.9. The Morgan fingerprint density at radius 2 is 2.08 bits per heavy atom. The quantitative estimate of drug-likeness (QED) is 0.534. The number of aromatic nitrogens is 5. The molecule has 1 spiro atoms. The van der Waals surface area contributed by atoms with E-state index >= 15 is 0 Å². The van der Waals surface area contributed by atoms with E-state index in [0.717, 1.165) is 46.7 Å². The second-order valence-electron chi connectivity index (χ2n) is 6.97. The summed E-state index contributed by atoms with van der Waals surface area (Å²) >= 11 is 1.58. The van der Waals surface area contributed by atoms with Gasteiger partial charge >= 0.3 is 0 Å². The Labute approximate surface area is 149 Å². The molecular weight excluding hydrogens is 332 g/mol. The van der Waals surface area contributed by atoms with Gasteiger partial charge in [0.25, 0.3) is 0 Å². The first-order valence-corrected chi connectivity index (χ1v) is 9.49. The van der Waals surface area contributed by atoms with Crippen LogP contribution in [0.1, 0.15) is 30.8 Å². The standard InChI is InChI=1S/C18H16N6S/c1-11-22-15(6-16(23-11)25-2)24-13-5-14(20-7-12(13)8-21-24)18(10-19)9-17(18)3-4-17/h5-8H,3-4,9H2,1-2H3. The van der Waals surface area contributed by atoms with E-state index < -0.39 is 5.41 Å². The molecular formula is C18H16N6S. The average Bonchev–Trinajstić information content (AvgIpc) is 3.50. The molecule has 1 atom stereocenters. The Morgan fingerprint density at radius 1 is 1.24 bits per heavy atom. The molecule has 2 fully saturated rings. The molecule has 2 aliphatic carbocycles. The lowest BCUT2D eigenvalue weighted by Crippen LogP contribution is -2.10. The maximum absolute atomic E-state index is 9.76. The molecule has 3 aromatic heterocycles. The van der Waals surface area contributed by atoms with Crippen LogP contribution in [0.15, 0.2) is 29.6 Å². The molecule has 7 heteroatoms. The van der Waals surface area contributed by atoms with Gasteiger partial charge in [-0.15, -0.1) is 11.8 Å². The van der Waals surface area contributed by atoms with Crippen LogP contribution in [-0.2, 0) is 5.41 Å². The van der Waals surface area contributed by atoms with Gasteiger partial charge in [0.1, 0.15) is 16.3 Å². The Kier molecular flexibility index (Phi) is 2.85. The molecule has 0 N–H and O–H groups in total. The van der Waals surface area contributed by atoms with Crippen molar-refractivity contribution in [1.82, 2.24) is 24.7 Å². The van der Waals surface area contributed by atoms with Crippen molar-refractivity contribution < 1.29 is 0 Å². The first-order chi connectivity index (χ1) is 12.1. The third kappa shape index (κ3) is 1.97. The lowest BCUT2D eigenvalue weighted by molar-refractivity contribution is 0.715. The zero-order valence-electron chi connectivity index (χ0n) is 14.0. The maximum atomic E-state index is 9.76. The number of rotatable bonds is 3. The van der Waals surface area contributed by atoms with Crippen LogP contribution < -0.4 is 0 Å². The molecule has 3 heterocycles. The molecule has 0 aliphatic heterocycles. The summed E-state index contributed by atoms with van der Waals surface area (Å²) in [6.45, 7) is 1.88. The molecule has 0 bridgehead atoms. The molecule has 0 radical (unpaired) electrons. The van der Waals surface area contributed by atoms with E-state index in [1.54, 1.807) is 18.0 Å². The molecule has 1 unspecified atom stereocenters. The second kappa shape index (κ2) is 4.79. The van der Waals surface area contributed by atoms with Crippen molar-refractivity contribution in [2.75, 3.05) is 6.26 Å². The highest BCUT2D eigenvalue weighted by molar-refractivity contribution is 7.98. The van der Waals surface area contributed by atoms with E-state index in [2.05, 4.69) is 26.1 Å². The number of aryl methyl sites for hydroxylation is 1. The van der Waals surface area contributed by atoms with Gasteiger partial charge in [-0.25, -0.2) is 14.6 Å². The monoisotopic (exact) mass is 348 g/mol. The Morgan fingerprint density at radius 3 is 2.76 bits per heavy atom. The highest BCUT2D eigenvalue weighted by Gasteiger charge is 2.76. The van der Waals surface area contributed by atoms with Gasteiger partial charge in [-0.05, 0) is 43.9 Å². The number of hydrogen-bond donors (Lipinski definition) is 0. The minimum Gasteiger partial charge on any atom is -0.259 e.